The lowest BCUT2D eigenvalue weighted by molar-refractivity contribution is -0.137. The zero-order valence-corrected chi connectivity index (χ0v) is 15.2. The second-order valence-electron chi connectivity index (χ2n) is 6.58. The summed E-state index contributed by atoms with van der Waals surface area (Å²) >= 11 is 0. The fourth-order valence-corrected chi connectivity index (χ4v) is 3.22. The predicted octanol–water partition coefficient (Wildman–Crippen LogP) is 4.86. The summed E-state index contributed by atoms with van der Waals surface area (Å²) in [5.74, 6) is 0.508. The van der Waals surface area contributed by atoms with Crippen LogP contribution in [0.4, 0.5) is 13.2 Å². The molecule has 0 aliphatic carbocycles. The number of alkyl halides is 3. The van der Waals surface area contributed by atoms with E-state index in [9.17, 15) is 13.2 Å². The Hall–Kier alpha value is -1.56. The van der Waals surface area contributed by atoms with Gasteiger partial charge >= 0.3 is 6.18 Å². The second-order valence-corrected chi connectivity index (χ2v) is 6.58. The van der Waals surface area contributed by atoms with Crippen LogP contribution < -0.4 is 5.32 Å². The van der Waals surface area contributed by atoms with Crippen LogP contribution >= 0.6 is 12.4 Å². The summed E-state index contributed by atoms with van der Waals surface area (Å²) in [6.45, 7) is 2.09. The first-order chi connectivity index (χ1) is 12.0. The van der Waals surface area contributed by atoms with Crippen molar-refractivity contribution in [3.8, 4) is 0 Å². The van der Waals surface area contributed by atoms with Gasteiger partial charge in [-0.05, 0) is 48.6 Å². The molecule has 1 fully saturated rings. The summed E-state index contributed by atoms with van der Waals surface area (Å²) in [5.41, 5.74) is 1.45. The lowest BCUT2D eigenvalue weighted by Crippen LogP contribution is -2.41. The summed E-state index contributed by atoms with van der Waals surface area (Å²) in [6, 6.07) is 15.6. The van der Waals surface area contributed by atoms with Gasteiger partial charge in [-0.1, -0.05) is 42.5 Å². The standard InChI is InChI=1S/C20H22F3NO.ClH/c21-20(22,23)18-8-6-16(7-9-18)14-25-19-11-17(12-24-13-19)10-15-4-2-1-3-5-15;/h1-9,17,19,24H,10-14H2;1H. The number of hydrogen-bond donors (Lipinski definition) is 1. The first-order valence-electron chi connectivity index (χ1n) is 8.53. The van der Waals surface area contributed by atoms with E-state index in [1.165, 1.54) is 17.7 Å². The van der Waals surface area contributed by atoms with Crippen molar-refractivity contribution >= 4 is 12.4 Å². The molecule has 1 aliphatic rings. The van der Waals surface area contributed by atoms with E-state index in [1.54, 1.807) is 0 Å². The highest BCUT2D eigenvalue weighted by Gasteiger charge is 2.30. The summed E-state index contributed by atoms with van der Waals surface area (Å²) in [7, 11) is 0. The summed E-state index contributed by atoms with van der Waals surface area (Å²) < 4.78 is 43.7. The quantitative estimate of drug-likeness (QED) is 0.793. The van der Waals surface area contributed by atoms with Gasteiger partial charge in [-0.2, -0.15) is 13.2 Å². The topological polar surface area (TPSA) is 21.3 Å². The molecule has 0 radical (unpaired) electrons. The molecule has 0 spiro atoms. The lowest BCUT2D eigenvalue weighted by atomic mass is 9.91. The fraction of sp³-hybridized carbons (Fsp3) is 0.400. The molecule has 2 aromatic rings. The van der Waals surface area contributed by atoms with E-state index in [2.05, 4.69) is 17.4 Å². The van der Waals surface area contributed by atoms with Crippen LogP contribution in [0, 0.1) is 5.92 Å². The highest BCUT2D eigenvalue weighted by Crippen LogP contribution is 2.29. The maximum Gasteiger partial charge on any atom is 0.416 e. The molecule has 6 heteroatoms. The summed E-state index contributed by atoms with van der Waals surface area (Å²) in [6.07, 6.45) is -2.24. The molecule has 0 amide bonds. The van der Waals surface area contributed by atoms with E-state index in [-0.39, 0.29) is 18.5 Å². The number of nitrogens with one attached hydrogen (secondary N) is 1. The van der Waals surface area contributed by atoms with Gasteiger partial charge < -0.3 is 10.1 Å². The molecule has 26 heavy (non-hydrogen) atoms. The fourth-order valence-electron chi connectivity index (χ4n) is 3.22. The third-order valence-corrected chi connectivity index (χ3v) is 4.54. The molecule has 1 heterocycles. The van der Waals surface area contributed by atoms with Crippen LogP contribution in [0.25, 0.3) is 0 Å². The zero-order chi connectivity index (χ0) is 17.7. The van der Waals surface area contributed by atoms with Crippen molar-refractivity contribution in [1.82, 2.24) is 5.32 Å². The number of ether oxygens (including phenoxy) is 1. The normalized spacial score (nSPS) is 20.4. The van der Waals surface area contributed by atoms with Crippen LogP contribution in [-0.4, -0.2) is 19.2 Å². The van der Waals surface area contributed by atoms with E-state index in [0.717, 1.165) is 43.6 Å². The molecule has 0 aromatic heterocycles. The molecule has 0 bridgehead atoms. The monoisotopic (exact) mass is 385 g/mol. The molecule has 142 valence electrons. The maximum absolute atomic E-state index is 12.6. The molecule has 2 aromatic carbocycles. The second kappa shape index (κ2) is 9.40. The van der Waals surface area contributed by atoms with Crippen molar-refractivity contribution in [1.29, 1.82) is 0 Å². The minimum atomic E-state index is -4.29. The molecule has 0 saturated carbocycles. The van der Waals surface area contributed by atoms with Gasteiger partial charge in [-0.15, -0.1) is 12.4 Å². The Bertz CT molecular complexity index is 661. The highest BCUT2D eigenvalue weighted by atomic mass is 35.5. The van der Waals surface area contributed by atoms with Crippen molar-refractivity contribution in [3.05, 3.63) is 71.3 Å². The van der Waals surface area contributed by atoms with Gasteiger partial charge in [0.05, 0.1) is 18.3 Å². The van der Waals surface area contributed by atoms with Gasteiger partial charge in [0.15, 0.2) is 0 Å². The minimum absolute atomic E-state index is 0. The first kappa shape index (κ1) is 20.7. The molecule has 1 aliphatic heterocycles. The van der Waals surface area contributed by atoms with Crippen molar-refractivity contribution in [2.45, 2.75) is 31.7 Å². The van der Waals surface area contributed by atoms with E-state index in [0.29, 0.717) is 12.5 Å². The molecule has 2 unspecified atom stereocenters. The summed E-state index contributed by atoms with van der Waals surface area (Å²) in [4.78, 5) is 0. The average Bonchev–Trinajstić information content (AvgIpc) is 2.61. The molecular formula is C20H23ClF3NO. The predicted molar refractivity (Wildman–Crippen MR) is 98.4 cm³/mol. The SMILES string of the molecule is Cl.FC(F)(F)c1ccc(COC2CNCC(Cc3ccccc3)C2)cc1. The van der Waals surface area contributed by atoms with Crippen LogP contribution in [0.1, 0.15) is 23.1 Å². The van der Waals surface area contributed by atoms with Crippen molar-refractivity contribution in [2.24, 2.45) is 5.92 Å². The Morgan fingerprint density at radius 3 is 2.27 bits per heavy atom. The number of halogens is 4. The minimum Gasteiger partial charge on any atom is -0.372 e. The third-order valence-electron chi connectivity index (χ3n) is 4.54. The third kappa shape index (κ3) is 6.01. The maximum atomic E-state index is 12.6. The Morgan fingerprint density at radius 1 is 0.923 bits per heavy atom. The number of benzene rings is 2. The van der Waals surface area contributed by atoms with Crippen LogP contribution in [0.5, 0.6) is 0 Å². The number of rotatable bonds is 5. The Balaban J connectivity index is 0.00000243. The number of piperidine rings is 1. The van der Waals surface area contributed by atoms with Crippen LogP contribution in [-0.2, 0) is 23.9 Å². The van der Waals surface area contributed by atoms with Gasteiger partial charge in [0.2, 0.25) is 0 Å². The molecule has 1 N–H and O–H groups in total. The van der Waals surface area contributed by atoms with Gasteiger partial charge in [0, 0.05) is 6.54 Å². The molecule has 3 rings (SSSR count). The molecule has 1 saturated heterocycles. The molecule has 2 nitrogen and oxygen atoms in total. The van der Waals surface area contributed by atoms with Gasteiger partial charge in [-0.25, -0.2) is 0 Å². The van der Waals surface area contributed by atoms with E-state index < -0.39 is 11.7 Å². The van der Waals surface area contributed by atoms with E-state index in [1.807, 2.05) is 18.2 Å². The van der Waals surface area contributed by atoms with E-state index >= 15 is 0 Å². The lowest BCUT2D eigenvalue weighted by Gasteiger charge is -2.30. The Labute approximate surface area is 158 Å². The Morgan fingerprint density at radius 2 is 1.62 bits per heavy atom. The van der Waals surface area contributed by atoms with Crippen molar-refractivity contribution in [3.63, 3.8) is 0 Å². The van der Waals surface area contributed by atoms with Crippen molar-refractivity contribution in [2.75, 3.05) is 13.1 Å². The van der Waals surface area contributed by atoms with Gasteiger partial charge in [0.1, 0.15) is 0 Å². The van der Waals surface area contributed by atoms with E-state index in [4.69, 9.17) is 4.74 Å². The average molecular weight is 386 g/mol. The Kier molecular flexibility index (Phi) is 7.50. The van der Waals surface area contributed by atoms with Crippen LogP contribution in [0.3, 0.4) is 0 Å². The first-order valence-corrected chi connectivity index (χ1v) is 8.53. The summed E-state index contributed by atoms with van der Waals surface area (Å²) in [5, 5.41) is 3.40. The van der Waals surface area contributed by atoms with Gasteiger partial charge in [0.25, 0.3) is 0 Å². The van der Waals surface area contributed by atoms with Crippen LogP contribution in [0.15, 0.2) is 54.6 Å². The largest absolute Gasteiger partial charge is 0.416 e. The molecule has 2 atom stereocenters. The van der Waals surface area contributed by atoms with Crippen LogP contribution in [0.2, 0.25) is 0 Å². The van der Waals surface area contributed by atoms with Gasteiger partial charge in [-0.3, -0.25) is 0 Å². The highest BCUT2D eigenvalue weighted by molar-refractivity contribution is 5.85. The number of hydrogen-bond acceptors (Lipinski definition) is 2. The zero-order valence-electron chi connectivity index (χ0n) is 14.3. The smallest absolute Gasteiger partial charge is 0.372 e. The van der Waals surface area contributed by atoms with Crippen molar-refractivity contribution < 1.29 is 17.9 Å². The molecular weight excluding hydrogens is 363 g/mol.